The predicted octanol–water partition coefficient (Wildman–Crippen LogP) is 2.93. The number of hydrogen-bond acceptors (Lipinski definition) is 4. The molecule has 0 atom stereocenters. The van der Waals surface area contributed by atoms with E-state index in [0.29, 0.717) is 25.9 Å². The summed E-state index contributed by atoms with van der Waals surface area (Å²) in [6, 6.07) is 3.07. The summed E-state index contributed by atoms with van der Waals surface area (Å²) in [5.41, 5.74) is 3.59. The lowest BCUT2D eigenvalue weighted by Crippen LogP contribution is -2.41. The van der Waals surface area contributed by atoms with Crippen molar-refractivity contribution < 1.29 is 18.0 Å². The average molecular weight is 315 g/mol. The predicted molar refractivity (Wildman–Crippen MR) is 75.6 cm³/mol. The van der Waals surface area contributed by atoms with Gasteiger partial charge in [0.2, 0.25) is 5.91 Å². The molecule has 0 spiro atoms. The second-order valence-corrected chi connectivity index (χ2v) is 5.71. The van der Waals surface area contributed by atoms with E-state index in [-0.39, 0.29) is 11.3 Å². The van der Waals surface area contributed by atoms with E-state index in [1.165, 1.54) is 6.07 Å². The number of primary amides is 1. The van der Waals surface area contributed by atoms with Crippen LogP contribution in [0, 0.1) is 4.91 Å². The number of rotatable bonds is 3. The SMILES string of the molecule is CC1(N=O)CCN(c2cc(C(N)=O)cc(C(F)(F)F)c2)CC1. The minimum absolute atomic E-state index is 0.188. The maximum Gasteiger partial charge on any atom is 0.416 e. The topological polar surface area (TPSA) is 75.8 Å². The molecule has 2 N–H and O–H groups in total. The molecule has 1 aromatic rings. The molecule has 1 aliphatic rings. The lowest BCUT2D eigenvalue weighted by molar-refractivity contribution is -0.137. The van der Waals surface area contributed by atoms with Crippen molar-refractivity contribution in [2.75, 3.05) is 18.0 Å². The van der Waals surface area contributed by atoms with Crippen molar-refractivity contribution in [3.8, 4) is 0 Å². The van der Waals surface area contributed by atoms with E-state index >= 15 is 0 Å². The molecule has 8 heteroatoms. The minimum Gasteiger partial charge on any atom is -0.371 e. The zero-order valence-corrected chi connectivity index (χ0v) is 12.0. The van der Waals surface area contributed by atoms with Gasteiger partial charge in [-0.15, -0.1) is 0 Å². The Hall–Kier alpha value is -2.12. The largest absolute Gasteiger partial charge is 0.416 e. The fraction of sp³-hybridized carbons (Fsp3) is 0.500. The number of carbonyl (C=O) groups excluding carboxylic acids is 1. The summed E-state index contributed by atoms with van der Waals surface area (Å²) in [4.78, 5) is 23.7. The van der Waals surface area contributed by atoms with Gasteiger partial charge < -0.3 is 10.6 Å². The maximum atomic E-state index is 12.9. The molecule has 1 amide bonds. The van der Waals surface area contributed by atoms with Crippen LogP contribution in [0.25, 0.3) is 0 Å². The van der Waals surface area contributed by atoms with Crippen molar-refractivity contribution in [2.45, 2.75) is 31.5 Å². The van der Waals surface area contributed by atoms with Crippen LogP contribution in [-0.2, 0) is 6.18 Å². The molecule has 0 unspecified atom stereocenters. The Morgan fingerprint density at radius 1 is 1.27 bits per heavy atom. The van der Waals surface area contributed by atoms with Crippen molar-refractivity contribution in [1.82, 2.24) is 0 Å². The first-order valence-electron chi connectivity index (χ1n) is 6.76. The number of benzene rings is 1. The summed E-state index contributed by atoms with van der Waals surface area (Å²) in [5.74, 6) is -0.913. The van der Waals surface area contributed by atoms with Crippen LogP contribution in [0.4, 0.5) is 18.9 Å². The van der Waals surface area contributed by atoms with E-state index in [2.05, 4.69) is 5.18 Å². The Balaban J connectivity index is 2.33. The molecule has 2 rings (SSSR count). The number of piperidine rings is 1. The van der Waals surface area contributed by atoms with Gasteiger partial charge in [-0.1, -0.05) is 5.18 Å². The van der Waals surface area contributed by atoms with Crippen LogP contribution in [0.5, 0.6) is 0 Å². The van der Waals surface area contributed by atoms with Crippen LogP contribution in [-0.4, -0.2) is 24.5 Å². The number of halogens is 3. The third-order valence-corrected chi connectivity index (χ3v) is 3.96. The van der Waals surface area contributed by atoms with Gasteiger partial charge in [-0.25, -0.2) is 0 Å². The molecule has 120 valence electrons. The maximum absolute atomic E-state index is 12.9. The zero-order valence-electron chi connectivity index (χ0n) is 12.0. The number of amides is 1. The molecule has 0 radical (unpaired) electrons. The van der Waals surface area contributed by atoms with Crippen molar-refractivity contribution in [3.63, 3.8) is 0 Å². The first-order valence-corrected chi connectivity index (χ1v) is 6.76. The van der Waals surface area contributed by atoms with E-state index in [4.69, 9.17) is 5.73 Å². The lowest BCUT2D eigenvalue weighted by Gasteiger charge is -2.36. The molecular formula is C14H16F3N3O2. The third kappa shape index (κ3) is 3.37. The van der Waals surface area contributed by atoms with E-state index in [1.54, 1.807) is 11.8 Å². The molecule has 0 saturated carbocycles. The van der Waals surface area contributed by atoms with Gasteiger partial charge in [0.1, 0.15) is 5.54 Å². The summed E-state index contributed by atoms with van der Waals surface area (Å²) in [5, 5.41) is 3.08. The first kappa shape index (κ1) is 16.3. The van der Waals surface area contributed by atoms with Gasteiger partial charge in [-0.05, 0) is 38.0 Å². The first-order chi connectivity index (χ1) is 10.1. The Morgan fingerprint density at radius 3 is 2.32 bits per heavy atom. The average Bonchev–Trinajstić information content (AvgIpc) is 2.46. The van der Waals surface area contributed by atoms with Crippen molar-refractivity contribution in [3.05, 3.63) is 34.2 Å². The molecule has 1 aliphatic heterocycles. The number of hydrogen-bond donors (Lipinski definition) is 1. The Kier molecular flexibility index (Phi) is 4.12. The molecule has 1 saturated heterocycles. The van der Waals surface area contributed by atoms with Gasteiger partial charge in [-0.3, -0.25) is 4.79 Å². The van der Waals surface area contributed by atoms with Crippen LogP contribution >= 0.6 is 0 Å². The summed E-state index contributed by atoms with van der Waals surface area (Å²) in [6.45, 7) is 2.50. The lowest BCUT2D eigenvalue weighted by atomic mass is 9.90. The summed E-state index contributed by atoms with van der Waals surface area (Å²) < 4.78 is 38.8. The molecule has 1 fully saturated rings. The van der Waals surface area contributed by atoms with Crippen LogP contribution in [0.15, 0.2) is 23.4 Å². The highest BCUT2D eigenvalue weighted by Crippen LogP contribution is 2.35. The Morgan fingerprint density at radius 2 is 1.86 bits per heavy atom. The van der Waals surface area contributed by atoms with E-state index < -0.39 is 23.2 Å². The third-order valence-electron chi connectivity index (χ3n) is 3.96. The Bertz CT molecular complexity index is 593. The van der Waals surface area contributed by atoms with Crippen molar-refractivity contribution in [2.24, 2.45) is 10.9 Å². The van der Waals surface area contributed by atoms with Crippen LogP contribution < -0.4 is 10.6 Å². The number of nitrogens with zero attached hydrogens (tertiary/aromatic N) is 2. The van der Waals surface area contributed by atoms with Crippen molar-refractivity contribution >= 4 is 11.6 Å². The number of carbonyl (C=O) groups is 1. The molecule has 1 aromatic carbocycles. The van der Waals surface area contributed by atoms with Crippen LogP contribution in [0.2, 0.25) is 0 Å². The number of alkyl halides is 3. The highest BCUT2D eigenvalue weighted by molar-refractivity contribution is 5.94. The van der Waals surface area contributed by atoms with Crippen molar-refractivity contribution in [1.29, 1.82) is 0 Å². The summed E-state index contributed by atoms with van der Waals surface area (Å²) >= 11 is 0. The summed E-state index contributed by atoms with van der Waals surface area (Å²) in [6.07, 6.45) is -3.67. The minimum atomic E-state index is -4.56. The van der Waals surface area contributed by atoms with Crippen LogP contribution in [0.1, 0.15) is 35.7 Å². The molecular weight excluding hydrogens is 299 g/mol. The molecule has 22 heavy (non-hydrogen) atoms. The number of anilines is 1. The van der Waals surface area contributed by atoms with Gasteiger partial charge >= 0.3 is 6.18 Å². The van der Waals surface area contributed by atoms with Crippen LogP contribution in [0.3, 0.4) is 0 Å². The standard InChI is InChI=1S/C14H16F3N3O2/c1-13(19-22)2-4-20(5-3-13)11-7-9(12(18)21)6-10(8-11)14(15,16)17/h6-8H,2-5H2,1H3,(H2,18,21). The number of nitrogens with two attached hydrogens (primary N) is 1. The van der Waals surface area contributed by atoms with Gasteiger partial charge in [0, 0.05) is 24.3 Å². The van der Waals surface area contributed by atoms with E-state index in [9.17, 15) is 22.9 Å². The van der Waals surface area contributed by atoms with E-state index in [0.717, 1.165) is 12.1 Å². The quantitative estimate of drug-likeness (QED) is 0.871. The molecule has 1 heterocycles. The van der Waals surface area contributed by atoms with Gasteiger partial charge in [0.05, 0.1) is 5.56 Å². The molecule has 0 bridgehead atoms. The molecule has 0 aliphatic carbocycles. The van der Waals surface area contributed by atoms with Gasteiger partial charge in [-0.2, -0.15) is 18.1 Å². The van der Waals surface area contributed by atoms with Gasteiger partial charge in [0.15, 0.2) is 0 Å². The molecule has 0 aromatic heterocycles. The second kappa shape index (κ2) is 5.58. The summed E-state index contributed by atoms with van der Waals surface area (Å²) in [7, 11) is 0. The second-order valence-electron chi connectivity index (χ2n) is 5.71. The smallest absolute Gasteiger partial charge is 0.371 e. The highest BCUT2D eigenvalue weighted by Gasteiger charge is 2.34. The monoisotopic (exact) mass is 315 g/mol. The van der Waals surface area contributed by atoms with E-state index in [1.807, 2.05) is 0 Å². The normalized spacial score (nSPS) is 18.1. The van der Waals surface area contributed by atoms with Gasteiger partial charge in [0.25, 0.3) is 0 Å². The zero-order chi connectivity index (χ0) is 16.5. The fourth-order valence-electron chi connectivity index (χ4n) is 2.44. The highest BCUT2D eigenvalue weighted by atomic mass is 19.4. The fourth-order valence-corrected chi connectivity index (χ4v) is 2.44. The number of nitroso groups, excluding NO2 is 1. The Labute approximate surface area is 125 Å². The molecule has 5 nitrogen and oxygen atoms in total.